The molecule has 0 spiro atoms. The molecule has 1 aliphatic rings. The van der Waals surface area contributed by atoms with Crippen LogP contribution in [0.15, 0.2) is 11.8 Å². The number of hydrogen-bond acceptors (Lipinski definition) is 2. The van der Waals surface area contributed by atoms with Gasteiger partial charge in [0.1, 0.15) is 0 Å². The lowest BCUT2D eigenvalue weighted by molar-refractivity contribution is -0.153. The monoisotopic (exact) mass is 256 g/mol. The predicted octanol–water partition coefficient (Wildman–Crippen LogP) is 4.13. The first-order valence-corrected chi connectivity index (χ1v) is 10.3. The van der Waals surface area contributed by atoms with Crippen LogP contribution in [0.5, 0.6) is 0 Å². The van der Waals surface area contributed by atoms with E-state index in [9.17, 15) is 0 Å². The van der Waals surface area contributed by atoms with Gasteiger partial charge in [-0.15, -0.1) is 6.58 Å². The molecule has 2 atom stereocenters. The van der Waals surface area contributed by atoms with Crippen LogP contribution < -0.4 is 0 Å². The third kappa shape index (κ3) is 5.36. The van der Waals surface area contributed by atoms with Gasteiger partial charge in [0, 0.05) is 7.11 Å². The molecule has 100 valence electrons. The molecule has 0 bridgehead atoms. The quantitative estimate of drug-likeness (QED) is 0.689. The van der Waals surface area contributed by atoms with Crippen LogP contribution in [0.2, 0.25) is 19.6 Å². The van der Waals surface area contributed by atoms with Gasteiger partial charge >= 0.3 is 0 Å². The van der Waals surface area contributed by atoms with Crippen LogP contribution in [0.25, 0.3) is 0 Å². The van der Waals surface area contributed by atoms with Crippen molar-refractivity contribution in [3.63, 3.8) is 0 Å². The number of ether oxygens (including phenoxy) is 2. The fourth-order valence-electron chi connectivity index (χ4n) is 2.13. The third-order valence-electron chi connectivity index (χ3n) is 3.65. The van der Waals surface area contributed by atoms with Crippen LogP contribution in [0.3, 0.4) is 0 Å². The van der Waals surface area contributed by atoms with Crippen LogP contribution in [-0.2, 0) is 9.47 Å². The van der Waals surface area contributed by atoms with Crippen molar-refractivity contribution in [2.24, 2.45) is 0 Å². The maximum atomic E-state index is 5.98. The highest BCUT2D eigenvalue weighted by Gasteiger charge is 2.22. The van der Waals surface area contributed by atoms with Gasteiger partial charge in [-0.3, -0.25) is 0 Å². The Morgan fingerprint density at radius 2 is 1.94 bits per heavy atom. The minimum absolute atomic E-state index is 0.0163. The standard InChI is InChI=1S/C14H28O2Si/c1-12(17(3,4)5)10-11-13-8-6-7-9-14(15-2)16-13/h13-14H,1,6-11H2,2-5H3. The van der Waals surface area contributed by atoms with E-state index in [0.29, 0.717) is 6.10 Å². The smallest absolute Gasteiger partial charge is 0.157 e. The lowest BCUT2D eigenvalue weighted by Crippen LogP contribution is -2.26. The molecule has 1 saturated heterocycles. The molecule has 0 aromatic carbocycles. The maximum Gasteiger partial charge on any atom is 0.157 e. The molecule has 1 heterocycles. The largest absolute Gasteiger partial charge is 0.356 e. The zero-order valence-corrected chi connectivity index (χ0v) is 12.9. The predicted molar refractivity (Wildman–Crippen MR) is 75.9 cm³/mol. The fourth-order valence-corrected chi connectivity index (χ4v) is 3.02. The minimum Gasteiger partial charge on any atom is -0.356 e. The van der Waals surface area contributed by atoms with Gasteiger partial charge in [0.2, 0.25) is 0 Å². The Morgan fingerprint density at radius 3 is 2.53 bits per heavy atom. The van der Waals surface area contributed by atoms with Gasteiger partial charge in [0.05, 0.1) is 14.2 Å². The summed E-state index contributed by atoms with van der Waals surface area (Å²) in [6, 6.07) is 0. The second-order valence-corrected chi connectivity index (χ2v) is 11.3. The molecule has 0 N–H and O–H groups in total. The first-order chi connectivity index (χ1) is 7.93. The van der Waals surface area contributed by atoms with Crippen molar-refractivity contribution in [1.82, 2.24) is 0 Å². The lowest BCUT2D eigenvalue weighted by atomic mass is 10.1. The summed E-state index contributed by atoms with van der Waals surface area (Å²) in [4.78, 5) is 0. The number of rotatable bonds is 5. The van der Waals surface area contributed by atoms with Crippen molar-refractivity contribution < 1.29 is 9.47 Å². The van der Waals surface area contributed by atoms with Crippen LogP contribution in [0, 0.1) is 0 Å². The Balaban J connectivity index is 2.37. The number of methoxy groups -OCH3 is 1. The normalized spacial score (nSPS) is 26.6. The zero-order chi connectivity index (χ0) is 12.9. The Hall–Kier alpha value is -0.123. The van der Waals surface area contributed by atoms with Gasteiger partial charge in [0.15, 0.2) is 6.29 Å². The second kappa shape index (κ2) is 6.71. The van der Waals surface area contributed by atoms with E-state index in [0.717, 1.165) is 19.3 Å². The molecule has 0 amide bonds. The summed E-state index contributed by atoms with van der Waals surface area (Å²) in [5.41, 5.74) is 0. The van der Waals surface area contributed by atoms with E-state index < -0.39 is 8.07 Å². The average Bonchev–Trinajstić information content (AvgIpc) is 2.49. The van der Waals surface area contributed by atoms with Gasteiger partial charge in [-0.25, -0.2) is 0 Å². The molecule has 0 saturated carbocycles. The highest BCUT2D eigenvalue weighted by atomic mass is 28.3. The molecule has 2 unspecified atom stereocenters. The maximum absolute atomic E-state index is 5.98. The molecular formula is C14H28O2Si. The molecule has 3 heteroatoms. The minimum atomic E-state index is -1.16. The second-order valence-electron chi connectivity index (χ2n) is 6.10. The van der Waals surface area contributed by atoms with Crippen molar-refractivity contribution in [2.75, 3.05) is 7.11 Å². The van der Waals surface area contributed by atoms with Gasteiger partial charge in [-0.2, -0.15) is 0 Å². The van der Waals surface area contributed by atoms with Crippen LogP contribution >= 0.6 is 0 Å². The first kappa shape index (κ1) is 14.9. The highest BCUT2D eigenvalue weighted by molar-refractivity contribution is 6.82. The van der Waals surface area contributed by atoms with E-state index in [-0.39, 0.29) is 6.29 Å². The Kier molecular flexibility index (Phi) is 5.90. The molecule has 0 radical (unpaired) electrons. The molecule has 0 aromatic rings. The topological polar surface area (TPSA) is 18.5 Å². The fraction of sp³-hybridized carbons (Fsp3) is 0.857. The van der Waals surface area contributed by atoms with Gasteiger partial charge in [-0.05, 0) is 32.1 Å². The van der Waals surface area contributed by atoms with Crippen LogP contribution in [0.1, 0.15) is 38.5 Å². The average molecular weight is 256 g/mol. The van der Waals surface area contributed by atoms with Crippen molar-refractivity contribution in [3.05, 3.63) is 11.8 Å². The van der Waals surface area contributed by atoms with Crippen molar-refractivity contribution >= 4 is 8.07 Å². The molecule has 2 nitrogen and oxygen atoms in total. The van der Waals surface area contributed by atoms with E-state index in [4.69, 9.17) is 9.47 Å². The molecule has 1 aliphatic heterocycles. The van der Waals surface area contributed by atoms with E-state index in [2.05, 4.69) is 26.2 Å². The molecule has 0 aromatic heterocycles. The summed E-state index contributed by atoms with van der Waals surface area (Å²) in [7, 11) is 0.580. The first-order valence-electron chi connectivity index (χ1n) is 6.80. The van der Waals surface area contributed by atoms with Crippen LogP contribution in [-0.4, -0.2) is 27.6 Å². The molecular weight excluding hydrogens is 228 g/mol. The summed E-state index contributed by atoms with van der Waals surface area (Å²) >= 11 is 0. The van der Waals surface area contributed by atoms with E-state index in [1.807, 2.05) is 0 Å². The van der Waals surface area contributed by atoms with Crippen molar-refractivity contribution in [1.29, 1.82) is 0 Å². The summed E-state index contributed by atoms with van der Waals surface area (Å²) in [6.07, 6.45) is 7.34. The van der Waals surface area contributed by atoms with Crippen molar-refractivity contribution in [3.8, 4) is 0 Å². The van der Waals surface area contributed by atoms with Crippen molar-refractivity contribution in [2.45, 2.75) is 70.6 Å². The Labute approximate surface area is 107 Å². The lowest BCUT2D eigenvalue weighted by Gasteiger charge is -2.24. The highest BCUT2D eigenvalue weighted by Crippen LogP contribution is 2.25. The zero-order valence-electron chi connectivity index (χ0n) is 11.9. The SMILES string of the molecule is C=C(CCC1CCCCC(OC)O1)[Si](C)(C)C. The third-order valence-corrected chi connectivity index (χ3v) is 6.02. The summed E-state index contributed by atoms with van der Waals surface area (Å²) < 4.78 is 11.3. The van der Waals surface area contributed by atoms with Gasteiger partial charge in [0.25, 0.3) is 0 Å². The van der Waals surface area contributed by atoms with Gasteiger partial charge in [-0.1, -0.05) is 31.3 Å². The van der Waals surface area contributed by atoms with E-state index >= 15 is 0 Å². The van der Waals surface area contributed by atoms with Gasteiger partial charge < -0.3 is 9.47 Å². The summed E-state index contributed by atoms with van der Waals surface area (Å²) in [6.45, 7) is 11.3. The molecule has 17 heavy (non-hydrogen) atoms. The number of allylic oxidation sites excluding steroid dienone is 1. The van der Waals surface area contributed by atoms with E-state index in [1.165, 1.54) is 24.5 Å². The molecule has 1 fully saturated rings. The molecule has 0 aliphatic carbocycles. The summed E-state index contributed by atoms with van der Waals surface area (Å²) in [5.74, 6) is 0. The summed E-state index contributed by atoms with van der Waals surface area (Å²) in [5, 5.41) is 1.46. The van der Waals surface area contributed by atoms with Crippen LogP contribution in [0.4, 0.5) is 0 Å². The Morgan fingerprint density at radius 1 is 1.29 bits per heavy atom. The molecule has 1 rings (SSSR count). The Bertz CT molecular complexity index is 245. The van der Waals surface area contributed by atoms with E-state index in [1.54, 1.807) is 7.11 Å². The number of hydrogen-bond donors (Lipinski definition) is 0.